The highest BCUT2D eigenvalue weighted by Crippen LogP contribution is 2.35. The summed E-state index contributed by atoms with van der Waals surface area (Å²) in [6.07, 6.45) is -4.63. The Hall–Kier alpha value is -1.97. The van der Waals surface area contributed by atoms with Gasteiger partial charge in [0.05, 0.1) is 22.8 Å². The number of methoxy groups -OCH3 is 1. The lowest BCUT2D eigenvalue weighted by Gasteiger charge is -2.17. The maximum Gasteiger partial charge on any atom is 0.436 e. The number of rotatable bonds is 5. The second-order valence-corrected chi connectivity index (χ2v) is 9.19. The maximum absolute atomic E-state index is 13.0. The van der Waals surface area contributed by atoms with Gasteiger partial charge in [-0.15, -0.1) is 0 Å². The number of aliphatic hydroxyl groups is 1. The minimum Gasteiger partial charge on any atom is -0.495 e. The minimum atomic E-state index is -4.63. The summed E-state index contributed by atoms with van der Waals surface area (Å²) in [6, 6.07) is 5.75. The van der Waals surface area contributed by atoms with Crippen molar-refractivity contribution in [3.8, 4) is 5.75 Å². The van der Waals surface area contributed by atoms with E-state index in [1.807, 2.05) is 22.8 Å². The van der Waals surface area contributed by atoms with Crippen LogP contribution in [0.25, 0.3) is 0 Å². The van der Waals surface area contributed by atoms with Gasteiger partial charge in [-0.3, -0.25) is 9.58 Å². The van der Waals surface area contributed by atoms with E-state index in [0.29, 0.717) is 35.7 Å². The lowest BCUT2D eigenvalue weighted by atomic mass is 10.0. The van der Waals surface area contributed by atoms with Crippen LogP contribution in [0, 0.1) is 18.8 Å². The monoisotopic (exact) mass is 491 g/mol. The van der Waals surface area contributed by atoms with Gasteiger partial charge in [-0.05, 0) is 24.6 Å². The predicted octanol–water partition coefficient (Wildman–Crippen LogP) is 4.26. The number of ether oxygens (including phenoxy) is 1. The summed E-state index contributed by atoms with van der Waals surface area (Å²) in [4.78, 5) is 2.36. The van der Waals surface area contributed by atoms with E-state index >= 15 is 0 Å². The van der Waals surface area contributed by atoms with Gasteiger partial charge in [0, 0.05) is 31.5 Å². The van der Waals surface area contributed by atoms with E-state index in [1.54, 1.807) is 7.11 Å². The molecule has 1 aromatic carbocycles. The molecular formula is C21H24Cl2F3N4O2+. The average molecular weight is 492 g/mol. The van der Waals surface area contributed by atoms with E-state index in [9.17, 15) is 18.3 Å². The highest BCUT2D eigenvalue weighted by atomic mass is 35.5. The zero-order valence-corrected chi connectivity index (χ0v) is 19.2. The fourth-order valence-corrected chi connectivity index (χ4v) is 5.02. The van der Waals surface area contributed by atoms with Gasteiger partial charge in [-0.25, -0.2) is 4.58 Å². The number of aromatic nitrogens is 2. The zero-order chi connectivity index (χ0) is 23.2. The molecular weight excluding hydrogens is 468 g/mol. The van der Waals surface area contributed by atoms with Gasteiger partial charge in [0.15, 0.2) is 25.3 Å². The topological polar surface area (TPSA) is 53.5 Å². The van der Waals surface area contributed by atoms with Crippen LogP contribution in [0.5, 0.6) is 5.75 Å². The third kappa shape index (κ3) is 4.56. The van der Waals surface area contributed by atoms with E-state index in [0.717, 1.165) is 29.9 Å². The Kier molecular flexibility index (Phi) is 6.35. The Balaban J connectivity index is 1.40. The SMILES string of the molecule is COc1cc(CN2CC3C[N+](=C(O)Cn4nc(C(F)(F)F)c(Cl)c4C)CC3C2)ccc1Cl. The summed E-state index contributed by atoms with van der Waals surface area (Å²) < 4.78 is 47.3. The summed E-state index contributed by atoms with van der Waals surface area (Å²) in [5, 5.41) is 14.3. The van der Waals surface area contributed by atoms with E-state index in [2.05, 4.69) is 10.00 Å². The molecule has 0 radical (unpaired) electrons. The van der Waals surface area contributed by atoms with Crippen LogP contribution < -0.4 is 4.74 Å². The molecule has 6 nitrogen and oxygen atoms in total. The van der Waals surface area contributed by atoms with Gasteiger partial charge in [-0.2, -0.15) is 18.3 Å². The third-order valence-electron chi connectivity index (χ3n) is 6.24. The summed E-state index contributed by atoms with van der Waals surface area (Å²) in [6.45, 7) is 5.15. The second kappa shape index (κ2) is 8.76. The van der Waals surface area contributed by atoms with Crippen molar-refractivity contribution in [3.05, 3.63) is 45.2 Å². The van der Waals surface area contributed by atoms with Crippen LogP contribution in [0.2, 0.25) is 10.0 Å². The lowest BCUT2D eigenvalue weighted by molar-refractivity contribution is -0.521. The first-order chi connectivity index (χ1) is 15.1. The number of fused-ring (bicyclic) bond motifs is 1. The molecule has 0 bridgehead atoms. The molecule has 2 fully saturated rings. The van der Waals surface area contributed by atoms with Crippen molar-refractivity contribution in [3.63, 3.8) is 0 Å². The molecule has 1 aromatic heterocycles. The van der Waals surface area contributed by atoms with Crippen LogP contribution in [0.3, 0.4) is 0 Å². The predicted molar refractivity (Wildman–Crippen MR) is 115 cm³/mol. The van der Waals surface area contributed by atoms with Crippen LogP contribution in [-0.2, 0) is 19.3 Å². The largest absolute Gasteiger partial charge is 0.495 e. The van der Waals surface area contributed by atoms with E-state index in [-0.39, 0.29) is 18.1 Å². The van der Waals surface area contributed by atoms with E-state index in [4.69, 9.17) is 27.9 Å². The number of halogens is 5. The molecule has 2 unspecified atom stereocenters. The van der Waals surface area contributed by atoms with Gasteiger partial charge >= 0.3 is 12.1 Å². The molecule has 32 heavy (non-hydrogen) atoms. The molecule has 2 atom stereocenters. The number of hydrogen-bond donors (Lipinski definition) is 1. The molecule has 2 aliphatic heterocycles. The maximum atomic E-state index is 13.0. The molecule has 11 heteroatoms. The van der Waals surface area contributed by atoms with Crippen LogP contribution in [0.4, 0.5) is 13.2 Å². The van der Waals surface area contributed by atoms with Crippen LogP contribution in [0.15, 0.2) is 18.2 Å². The molecule has 4 rings (SSSR count). The molecule has 2 saturated heterocycles. The molecule has 0 amide bonds. The van der Waals surface area contributed by atoms with Crippen molar-refractivity contribution in [1.29, 1.82) is 0 Å². The van der Waals surface area contributed by atoms with Gasteiger partial charge in [0.1, 0.15) is 5.75 Å². The van der Waals surface area contributed by atoms with Crippen molar-refractivity contribution in [2.75, 3.05) is 33.3 Å². The standard InChI is InChI=1S/C21H23Cl2F3N4O2/c1-12-19(23)20(21(24,25)26)27-30(12)11-18(31)29-9-14-7-28(8-15(14)10-29)6-13-3-4-16(22)17(5-13)32-2/h3-5,14-15H,6-11H2,1-2H3/p+1. The van der Waals surface area contributed by atoms with Crippen molar-refractivity contribution < 1.29 is 27.6 Å². The van der Waals surface area contributed by atoms with Crippen LogP contribution in [0.1, 0.15) is 17.0 Å². The van der Waals surface area contributed by atoms with Gasteiger partial charge in [0.2, 0.25) is 0 Å². The van der Waals surface area contributed by atoms with E-state index in [1.165, 1.54) is 6.92 Å². The Morgan fingerprint density at radius 3 is 2.47 bits per heavy atom. The number of aliphatic hydroxyl groups excluding tert-OH is 1. The average Bonchev–Trinajstić information content (AvgIpc) is 3.36. The Bertz CT molecular complexity index is 1040. The Morgan fingerprint density at radius 1 is 1.25 bits per heavy atom. The molecule has 0 spiro atoms. The van der Waals surface area contributed by atoms with Crippen molar-refractivity contribution in [2.24, 2.45) is 11.8 Å². The van der Waals surface area contributed by atoms with Crippen molar-refractivity contribution >= 4 is 29.1 Å². The van der Waals surface area contributed by atoms with E-state index < -0.39 is 16.9 Å². The first-order valence-corrected chi connectivity index (χ1v) is 11.0. The molecule has 2 aromatic rings. The number of nitrogens with zero attached hydrogens (tertiary/aromatic N) is 4. The van der Waals surface area contributed by atoms with Gasteiger partial charge in [0.25, 0.3) is 0 Å². The molecule has 2 aliphatic rings. The number of hydrogen-bond acceptors (Lipinski definition) is 3. The highest BCUT2D eigenvalue weighted by Gasteiger charge is 2.45. The second-order valence-electron chi connectivity index (χ2n) is 8.41. The number of alkyl halides is 3. The Morgan fingerprint density at radius 2 is 1.91 bits per heavy atom. The summed E-state index contributed by atoms with van der Waals surface area (Å²) in [5.74, 6) is 1.40. The quantitative estimate of drug-likeness (QED) is 0.501. The highest BCUT2D eigenvalue weighted by molar-refractivity contribution is 6.32. The van der Waals surface area contributed by atoms with Crippen LogP contribution in [-0.4, -0.2) is 63.5 Å². The number of benzene rings is 1. The van der Waals surface area contributed by atoms with Gasteiger partial charge in [-0.1, -0.05) is 29.3 Å². The Labute approximate surface area is 193 Å². The fraction of sp³-hybridized carbons (Fsp3) is 0.524. The molecule has 1 N–H and O–H groups in total. The molecule has 174 valence electrons. The smallest absolute Gasteiger partial charge is 0.436 e. The lowest BCUT2D eigenvalue weighted by Crippen LogP contribution is -2.29. The van der Waals surface area contributed by atoms with Crippen LogP contribution >= 0.6 is 23.2 Å². The molecule has 3 heterocycles. The van der Waals surface area contributed by atoms with Crippen molar-refractivity contribution in [1.82, 2.24) is 14.7 Å². The molecule has 0 saturated carbocycles. The minimum absolute atomic E-state index is 0.00405. The first-order valence-electron chi connectivity index (χ1n) is 10.2. The van der Waals surface area contributed by atoms with Gasteiger partial charge < -0.3 is 9.84 Å². The molecule has 0 aliphatic carbocycles. The fourth-order valence-electron chi connectivity index (χ4n) is 4.58. The van der Waals surface area contributed by atoms with Crippen molar-refractivity contribution in [2.45, 2.75) is 26.2 Å². The number of likely N-dealkylation sites (tertiary alicyclic amines) is 1. The summed E-state index contributed by atoms with van der Waals surface area (Å²) >= 11 is 11.9. The third-order valence-corrected chi connectivity index (χ3v) is 7.01. The normalized spacial score (nSPS) is 21.3. The first kappa shape index (κ1) is 23.2. The summed E-state index contributed by atoms with van der Waals surface area (Å²) in [5.41, 5.74) is 0.163. The zero-order valence-electron chi connectivity index (χ0n) is 17.7. The summed E-state index contributed by atoms with van der Waals surface area (Å²) in [7, 11) is 1.59.